The van der Waals surface area contributed by atoms with Gasteiger partial charge in [-0.3, -0.25) is 9.29 Å². The lowest BCUT2D eigenvalue weighted by Crippen LogP contribution is -2.29. The Balaban J connectivity index is 1.41. The molecule has 1 saturated carbocycles. The van der Waals surface area contributed by atoms with Crippen LogP contribution in [0.4, 0.5) is 5.69 Å². The molecule has 4 rings (SSSR count). The van der Waals surface area contributed by atoms with Gasteiger partial charge in [-0.15, -0.1) is 0 Å². The lowest BCUT2D eigenvalue weighted by molar-refractivity contribution is 0.305. The first-order chi connectivity index (χ1) is 15.5. The molecule has 0 spiro atoms. The summed E-state index contributed by atoms with van der Waals surface area (Å²) in [6, 6.07) is 9.53. The molecule has 8 nitrogen and oxygen atoms in total. The third-order valence-corrected chi connectivity index (χ3v) is 7.18. The Bertz CT molecular complexity index is 1110. The van der Waals surface area contributed by atoms with E-state index >= 15 is 0 Å². The van der Waals surface area contributed by atoms with Crippen LogP contribution in [0.25, 0.3) is 5.95 Å². The highest BCUT2D eigenvalue weighted by Crippen LogP contribution is 2.27. The zero-order chi connectivity index (χ0) is 22.4. The molecule has 0 radical (unpaired) electrons. The van der Waals surface area contributed by atoms with Crippen molar-refractivity contribution in [1.29, 1.82) is 0 Å². The second-order valence-electron chi connectivity index (χ2n) is 8.45. The summed E-state index contributed by atoms with van der Waals surface area (Å²) in [4.78, 5) is 12.3. The highest BCUT2D eigenvalue weighted by atomic mass is 32.2. The average molecular weight is 455 g/mol. The smallest absolute Gasteiger partial charge is 0.280 e. The summed E-state index contributed by atoms with van der Waals surface area (Å²) in [5, 5.41) is 3.48. The number of imidazole rings is 1. The fraction of sp³-hybridized carbons (Fsp3) is 0.435. The summed E-state index contributed by atoms with van der Waals surface area (Å²) in [5.41, 5.74) is 1.45. The van der Waals surface area contributed by atoms with Gasteiger partial charge in [0.1, 0.15) is 6.33 Å². The van der Waals surface area contributed by atoms with E-state index in [1.165, 1.54) is 49.2 Å². The molecule has 1 aliphatic carbocycles. The first-order valence-electron chi connectivity index (χ1n) is 11.2. The lowest BCUT2D eigenvalue weighted by atomic mass is 9.85. The molecule has 1 aliphatic rings. The summed E-state index contributed by atoms with van der Waals surface area (Å²) in [6.45, 7) is 2.80. The quantitative estimate of drug-likeness (QED) is 0.508. The summed E-state index contributed by atoms with van der Waals surface area (Å²) in [7, 11) is -3.85. The zero-order valence-corrected chi connectivity index (χ0v) is 19.1. The minimum Gasteiger partial charge on any atom is -0.310 e. The van der Waals surface area contributed by atoms with Gasteiger partial charge in [-0.2, -0.15) is 8.42 Å². The van der Waals surface area contributed by atoms with Crippen molar-refractivity contribution in [3.8, 4) is 5.95 Å². The van der Waals surface area contributed by atoms with Crippen LogP contribution in [0.15, 0.2) is 60.3 Å². The van der Waals surface area contributed by atoms with Crippen molar-refractivity contribution in [2.75, 3.05) is 4.72 Å². The van der Waals surface area contributed by atoms with E-state index in [-0.39, 0.29) is 5.03 Å². The van der Waals surface area contributed by atoms with Gasteiger partial charge in [-0.1, -0.05) is 50.3 Å². The molecule has 2 heterocycles. The molecule has 1 atom stereocenters. The minimum atomic E-state index is -3.85. The Morgan fingerprint density at radius 3 is 2.59 bits per heavy atom. The fourth-order valence-electron chi connectivity index (χ4n) is 4.24. The Morgan fingerprint density at radius 2 is 1.81 bits per heavy atom. The van der Waals surface area contributed by atoms with Gasteiger partial charge in [0.25, 0.3) is 10.0 Å². The largest absolute Gasteiger partial charge is 0.310 e. The topological polar surface area (TPSA) is 102 Å². The maximum Gasteiger partial charge on any atom is 0.280 e. The van der Waals surface area contributed by atoms with Crippen molar-refractivity contribution in [2.45, 2.75) is 63.1 Å². The number of hydrogen-bond acceptors (Lipinski definition) is 6. The van der Waals surface area contributed by atoms with E-state index in [2.05, 4.69) is 31.9 Å². The van der Waals surface area contributed by atoms with Gasteiger partial charge in [-0.05, 0) is 37.0 Å². The van der Waals surface area contributed by atoms with Crippen LogP contribution in [0.3, 0.4) is 0 Å². The van der Waals surface area contributed by atoms with Gasteiger partial charge >= 0.3 is 0 Å². The van der Waals surface area contributed by atoms with Crippen molar-refractivity contribution >= 4 is 15.7 Å². The predicted octanol–water partition coefficient (Wildman–Crippen LogP) is 3.91. The van der Waals surface area contributed by atoms with Gasteiger partial charge in [0.05, 0.1) is 11.9 Å². The number of anilines is 1. The van der Waals surface area contributed by atoms with E-state index in [0.717, 1.165) is 17.9 Å². The van der Waals surface area contributed by atoms with Crippen LogP contribution in [0.2, 0.25) is 0 Å². The van der Waals surface area contributed by atoms with Crippen molar-refractivity contribution in [3.05, 3.63) is 60.8 Å². The van der Waals surface area contributed by atoms with E-state index in [1.54, 1.807) is 24.5 Å². The summed E-state index contributed by atoms with van der Waals surface area (Å²) >= 11 is 0. The predicted molar refractivity (Wildman–Crippen MR) is 124 cm³/mol. The molecule has 32 heavy (non-hydrogen) atoms. The summed E-state index contributed by atoms with van der Waals surface area (Å²) < 4.78 is 30.1. The number of aromatic nitrogens is 4. The van der Waals surface area contributed by atoms with Gasteiger partial charge in [0.2, 0.25) is 5.95 Å². The van der Waals surface area contributed by atoms with Crippen molar-refractivity contribution in [2.24, 2.45) is 5.92 Å². The van der Waals surface area contributed by atoms with Crippen LogP contribution < -0.4 is 10.0 Å². The van der Waals surface area contributed by atoms with Gasteiger partial charge in [0, 0.05) is 25.0 Å². The molecular formula is C23H30N6O2S. The van der Waals surface area contributed by atoms with Gasteiger partial charge in [-0.25, -0.2) is 15.0 Å². The van der Waals surface area contributed by atoms with E-state index in [9.17, 15) is 8.42 Å². The molecule has 170 valence electrons. The number of rotatable bonds is 9. The van der Waals surface area contributed by atoms with Crippen molar-refractivity contribution in [1.82, 2.24) is 24.8 Å². The number of sulfonamides is 1. The normalized spacial score (nSPS) is 16.0. The van der Waals surface area contributed by atoms with Crippen LogP contribution in [0.1, 0.15) is 51.0 Å². The van der Waals surface area contributed by atoms with Crippen LogP contribution in [0.5, 0.6) is 0 Å². The number of benzene rings is 1. The lowest BCUT2D eigenvalue weighted by Gasteiger charge is -2.25. The first-order valence-corrected chi connectivity index (χ1v) is 12.6. The Kier molecular flexibility index (Phi) is 7.16. The van der Waals surface area contributed by atoms with Crippen molar-refractivity contribution < 1.29 is 8.42 Å². The molecule has 1 aromatic carbocycles. The summed E-state index contributed by atoms with van der Waals surface area (Å²) in [6.07, 6.45) is 13.8. The molecular weight excluding hydrogens is 424 g/mol. The molecule has 0 saturated heterocycles. The molecule has 1 fully saturated rings. The molecule has 2 aromatic heterocycles. The Hall–Kier alpha value is -2.78. The third-order valence-electron chi connectivity index (χ3n) is 5.93. The van der Waals surface area contributed by atoms with Crippen LogP contribution in [-0.2, 0) is 16.6 Å². The Morgan fingerprint density at radius 1 is 1.06 bits per heavy atom. The average Bonchev–Trinajstić information content (AvgIpc) is 3.31. The standard InChI is InChI=1S/C23H30N6O2S/c1-18(14-19-8-3-2-4-9-19)26-15-20-10-5-6-11-21(20)28-32(30,31)22-16-29(17-27-22)23-24-12-7-13-25-23/h5-7,10-13,16-19,26,28H,2-4,8-9,14-15H2,1H3/t18-/m0/s1. The zero-order valence-electron chi connectivity index (χ0n) is 18.3. The number of nitrogens with zero attached hydrogens (tertiary/aromatic N) is 4. The number of nitrogens with one attached hydrogen (secondary N) is 2. The van der Waals surface area contributed by atoms with E-state index < -0.39 is 10.0 Å². The maximum atomic E-state index is 13.0. The summed E-state index contributed by atoms with van der Waals surface area (Å²) in [5.74, 6) is 1.15. The van der Waals surface area contributed by atoms with E-state index in [0.29, 0.717) is 24.2 Å². The molecule has 0 amide bonds. The number of hydrogen-bond donors (Lipinski definition) is 2. The van der Waals surface area contributed by atoms with E-state index in [4.69, 9.17) is 0 Å². The highest BCUT2D eigenvalue weighted by Gasteiger charge is 2.20. The fourth-order valence-corrected chi connectivity index (χ4v) is 5.27. The first kappa shape index (κ1) is 22.4. The highest BCUT2D eigenvalue weighted by molar-refractivity contribution is 7.92. The molecule has 0 aliphatic heterocycles. The van der Waals surface area contributed by atoms with Crippen molar-refractivity contribution in [3.63, 3.8) is 0 Å². The van der Waals surface area contributed by atoms with Crippen LogP contribution in [0, 0.1) is 5.92 Å². The second-order valence-corrected chi connectivity index (χ2v) is 10.1. The number of para-hydroxylation sites is 1. The Labute approximate surface area is 189 Å². The van der Waals surface area contributed by atoms with E-state index in [1.807, 2.05) is 18.2 Å². The second kappa shape index (κ2) is 10.2. The van der Waals surface area contributed by atoms with Gasteiger partial charge in [0.15, 0.2) is 5.03 Å². The molecule has 9 heteroatoms. The molecule has 0 bridgehead atoms. The molecule has 3 aromatic rings. The molecule has 0 unspecified atom stereocenters. The monoisotopic (exact) mass is 454 g/mol. The molecule has 2 N–H and O–H groups in total. The maximum absolute atomic E-state index is 13.0. The van der Waals surface area contributed by atoms with Crippen LogP contribution >= 0.6 is 0 Å². The SMILES string of the molecule is C[C@@H](CC1CCCCC1)NCc1ccccc1NS(=O)(=O)c1cn(-c2ncccn2)cn1. The minimum absolute atomic E-state index is 0.0848. The van der Waals surface area contributed by atoms with Gasteiger partial charge < -0.3 is 5.32 Å². The van der Waals surface area contributed by atoms with Crippen LogP contribution in [-0.4, -0.2) is 34.0 Å². The third kappa shape index (κ3) is 5.72.